The van der Waals surface area contributed by atoms with Crippen LogP contribution in [0.4, 0.5) is 14.9 Å². The average molecular weight is 465 g/mol. The number of benzene rings is 2. The highest BCUT2D eigenvalue weighted by Gasteiger charge is 2.48. The van der Waals surface area contributed by atoms with Crippen molar-refractivity contribution in [1.82, 2.24) is 19.4 Å². The third-order valence-electron chi connectivity index (χ3n) is 7.09. The summed E-state index contributed by atoms with van der Waals surface area (Å²) in [7, 11) is 0. The number of nitrogens with zero attached hydrogens (tertiary/aromatic N) is 5. The molecular formula is C27H20FN5O2. The molecule has 8 heteroatoms. The van der Waals surface area contributed by atoms with Crippen molar-refractivity contribution in [2.24, 2.45) is 0 Å². The molecular weight excluding hydrogens is 445 g/mol. The van der Waals surface area contributed by atoms with Crippen molar-refractivity contribution in [2.45, 2.75) is 18.3 Å². The van der Waals surface area contributed by atoms with Gasteiger partial charge < -0.3 is 4.74 Å². The number of carbonyl (C=O) groups excluding carboxylic acids is 1. The van der Waals surface area contributed by atoms with Crippen LogP contribution in [0.5, 0.6) is 0 Å². The molecule has 172 valence electrons. The van der Waals surface area contributed by atoms with Gasteiger partial charge in [-0.2, -0.15) is 0 Å². The summed E-state index contributed by atoms with van der Waals surface area (Å²) in [5.41, 5.74) is 4.81. The first-order valence-corrected chi connectivity index (χ1v) is 11.6. The topological polar surface area (TPSA) is 72.6 Å². The minimum Gasteiger partial charge on any atom is -0.447 e. The van der Waals surface area contributed by atoms with Gasteiger partial charge in [-0.05, 0) is 54.3 Å². The van der Waals surface area contributed by atoms with Gasteiger partial charge in [0.2, 0.25) is 5.78 Å². The third-order valence-corrected chi connectivity index (χ3v) is 7.09. The van der Waals surface area contributed by atoms with Crippen LogP contribution in [0, 0.1) is 5.82 Å². The molecule has 3 aromatic heterocycles. The minimum absolute atomic E-state index is 0.130. The van der Waals surface area contributed by atoms with E-state index < -0.39 is 11.9 Å². The molecule has 2 fully saturated rings. The van der Waals surface area contributed by atoms with Crippen LogP contribution in [0.2, 0.25) is 0 Å². The Morgan fingerprint density at radius 1 is 0.971 bits per heavy atom. The number of carbonyl (C=O) groups is 1. The predicted octanol–water partition coefficient (Wildman–Crippen LogP) is 5.12. The predicted molar refractivity (Wildman–Crippen MR) is 129 cm³/mol. The van der Waals surface area contributed by atoms with E-state index in [0.29, 0.717) is 17.9 Å². The van der Waals surface area contributed by atoms with Crippen molar-refractivity contribution in [2.75, 3.05) is 18.1 Å². The number of aromatic nitrogens is 4. The number of fused-ring (bicyclic) bond motifs is 2. The normalized spacial score (nSPS) is 16.7. The zero-order valence-corrected chi connectivity index (χ0v) is 18.7. The van der Waals surface area contributed by atoms with Gasteiger partial charge in [-0.25, -0.2) is 19.2 Å². The molecule has 4 heterocycles. The summed E-state index contributed by atoms with van der Waals surface area (Å²) < 4.78 is 21.9. The van der Waals surface area contributed by atoms with Gasteiger partial charge in [0.15, 0.2) is 0 Å². The van der Waals surface area contributed by atoms with Gasteiger partial charge in [-0.1, -0.05) is 18.2 Å². The highest BCUT2D eigenvalue weighted by Crippen LogP contribution is 2.53. The van der Waals surface area contributed by atoms with Crippen molar-refractivity contribution in [1.29, 1.82) is 0 Å². The fraction of sp³-hybridized carbons (Fsp3) is 0.185. The fourth-order valence-electron chi connectivity index (χ4n) is 5.09. The van der Waals surface area contributed by atoms with Crippen LogP contribution in [0.25, 0.3) is 27.8 Å². The molecule has 0 spiro atoms. The second kappa shape index (κ2) is 7.33. The zero-order valence-electron chi connectivity index (χ0n) is 18.7. The van der Waals surface area contributed by atoms with E-state index in [1.807, 2.05) is 22.9 Å². The lowest BCUT2D eigenvalue weighted by Gasteiger charge is -2.17. The number of hydrogen-bond acceptors (Lipinski definition) is 5. The Hall–Kier alpha value is -4.33. The molecule has 1 saturated heterocycles. The summed E-state index contributed by atoms with van der Waals surface area (Å²) in [6, 6.07) is 15.3. The number of ether oxygens (including phenoxy) is 1. The van der Waals surface area contributed by atoms with E-state index >= 15 is 0 Å². The van der Waals surface area contributed by atoms with Crippen molar-refractivity contribution in [3.05, 3.63) is 90.4 Å². The quantitative estimate of drug-likeness (QED) is 0.368. The minimum atomic E-state index is -0.526. The standard InChI is InChI=1S/C27H20FN5O2/c28-21-13-17(3-6-23(21)32-10-11-35-26(32)34)19-14-30-25-31-15-24(33(25)16-19)27(7-8-27)20-4-5-22-18(12-20)2-1-9-29-22/h1-6,9,12-16H,7-8,10-11H2. The molecule has 0 radical (unpaired) electrons. The molecule has 1 aliphatic heterocycles. The Labute approximate surface area is 199 Å². The van der Waals surface area contributed by atoms with Gasteiger partial charge in [-0.15, -0.1) is 0 Å². The summed E-state index contributed by atoms with van der Waals surface area (Å²) >= 11 is 0. The fourth-order valence-corrected chi connectivity index (χ4v) is 5.09. The van der Waals surface area contributed by atoms with Gasteiger partial charge >= 0.3 is 6.09 Å². The highest BCUT2D eigenvalue weighted by molar-refractivity contribution is 5.90. The third kappa shape index (κ3) is 3.10. The van der Waals surface area contributed by atoms with Crippen LogP contribution >= 0.6 is 0 Å². The second-order valence-corrected chi connectivity index (χ2v) is 9.08. The number of amides is 1. The van der Waals surface area contributed by atoms with Crippen LogP contribution < -0.4 is 4.90 Å². The summed E-state index contributed by atoms with van der Waals surface area (Å²) in [6.45, 7) is 0.605. The smallest absolute Gasteiger partial charge is 0.414 e. The number of hydrogen-bond donors (Lipinski definition) is 0. The van der Waals surface area contributed by atoms with Crippen LogP contribution in [0.3, 0.4) is 0 Å². The van der Waals surface area contributed by atoms with Crippen LogP contribution in [-0.2, 0) is 10.2 Å². The van der Waals surface area contributed by atoms with Crippen LogP contribution in [0.1, 0.15) is 24.1 Å². The van der Waals surface area contributed by atoms with E-state index in [1.165, 1.54) is 16.5 Å². The Kier molecular flexibility index (Phi) is 4.21. The molecule has 0 unspecified atom stereocenters. The van der Waals surface area contributed by atoms with Crippen molar-refractivity contribution < 1.29 is 13.9 Å². The molecule has 7 rings (SSSR count). The van der Waals surface area contributed by atoms with E-state index in [2.05, 4.69) is 39.2 Å². The first-order valence-electron chi connectivity index (χ1n) is 11.6. The Morgan fingerprint density at radius 2 is 1.86 bits per heavy atom. The summed E-state index contributed by atoms with van der Waals surface area (Å²) in [5.74, 6) is 0.130. The molecule has 7 nitrogen and oxygen atoms in total. The molecule has 2 aliphatic rings. The molecule has 1 aliphatic carbocycles. The number of halogens is 1. The van der Waals surface area contributed by atoms with Gasteiger partial charge in [0.25, 0.3) is 0 Å². The molecule has 2 aromatic carbocycles. The number of cyclic esters (lactones) is 1. The summed E-state index contributed by atoms with van der Waals surface area (Å²) in [5, 5.41) is 1.11. The van der Waals surface area contributed by atoms with Gasteiger partial charge in [0.1, 0.15) is 12.4 Å². The van der Waals surface area contributed by atoms with Crippen LogP contribution in [0.15, 0.2) is 73.3 Å². The molecule has 35 heavy (non-hydrogen) atoms. The monoisotopic (exact) mass is 465 g/mol. The largest absolute Gasteiger partial charge is 0.447 e. The zero-order chi connectivity index (χ0) is 23.6. The number of imidazole rings is 1. The van der Waals surface area contributed by atoms with E-state index in [9.17, 15) is 9.18 Å². The first kappa shape index (κ1) is 20.1. The average Bonchev–Trinajstić information content (AvgIpc) is 3.40. The molecule has 1 amide bonds. The maximum Gasteiger partial charge on any atom is 0.414 e. The highest BCUT2D eigenvalue weighted by atomic mass is 19.1. The first-order chi connectivity index (χ1) is 17.1. The van der Waals surface area contributed by atoms with Crippen molar-refractivity contribution >= 4 is 28.5 Å². The maximum atomic E-state index is 14.9. The van der Waals surface area contributed by atoms with Gasteiger partial charge in [0.05, 0.1) is 29.6 Å². The van der Waals surface area contributed by atoms with E-state index in [0.717, 1.165) is 35.0 Å². The molecule has 0 N–H and O–H groups in total. The Morgan fingerprint density at radius 3 is 2.66 bits per heavy atom. The van der Waals surface area contributed by atoms with Crippen LogP contribution in [-0.4, -0.2) is 38.6 Å². The van der Waals surface area contributed by atoms with Crippen molar-refractivity contribution in [3.63, 3.8) is 0 Å². The maximum absolute atomic E-state index is 14.9. The molecule has 1 saturated carbocycles. The summed E-state index contributed by atoms with van der Waals surface area (Å²) in [6.07, 6.45) is 8.88. The molecule has 5 aromatic rings. The van der Waals surface area contributed by atoms with E-state index in [1.54, 1.807) is 24.5 Å². The lowest BCUT2D eigenvalue weighted by atomic mass is 9.91. The van der Waals surface area contributed by atoms with Gasteiger partial charge in [-0.3, -0.25) is 14.3 Å². The number of pyridine rings is 1. The molecule has 0 atom stereocenters. The van der Waals surface area contributed by atoms with Gasteiger partial charge in [0, 0.05) is 35.0 Å². The Bertz CT molecular complexity index is 1640. The van der Waals surface area contributed by atoms with E-state index in [-0.39, 0.29) is 17.7 Å². The molecule has 0 bridgehead atoms. The summed E-state index contributed by atoms with van der Waals surface area (Å²) in [4.78, 5) is 26.7. The van der Waals surface area contributed by atoms with Crippen molar-refractivity contribution in [3.8, 4) is 11.1 Å². The Balaban J connectivity index is 1.29. The SMILES string of the molecule is O=C1OCCN1c1ccc(-c2cnc3ncc(C4(c5ccc6ncccc6c5)CC4)n3c2)cc1F. The van der Waals surface area contributed by atoms with E-state index in [4.69, 9.17) is 4.74 Å². The number of anilines is 1. The lowest BCUT2D eigenvalue weighted by Crippen LogP contribution is -2.24. The lowest BCUT2D eigenvalue weighted by molar-refractivity contribution is 0.181. The number of rotatable bonds is 4. The second-order valence-electron chi connectivity index (χ2n) is 9.08.